The Kier molecular flexibility index (Phi) is 17.5. The van der Waals surface area contributed by atoms with Gasteiger partial charge in [-0.25, -0.2) is 9.78 Å². The number of benzene rings is 1. The Labute approximate surface area is 366 Å². The van der Waals surface area contributed by atoms with E-state index in [1.165, 1.54) is 64.2 Å². The number of pyridine rings is 2. The summed E-state index contributed by atoms with van der Waals surface area (Å²) < 4.78 is 18.5. The van der Waals surface area contributed by atoms with E-state index in [9.17, 15) is 33.9 Å². The molecule has 0 radical (unpaired) electrons. The average Bonchev–Trinajstić information content (AvgIpc) is 3.57. The van der Waals surface area contributed by atoms with Gasteiger partial charge in [-0.15, -0.1) is 0 Å². The van der Waals surface area contributed by atoms with Crippen molar-refractivity contribution < 1.29 is 43.3 Å². The van der Waals surface area contributed by atoms with E-state index in [2.05, 4.69) is 6.92 Å². The second-order valence-corrected chi connectivity index (χ2v) is 18.3. The first-order chi connectivity index (χ1) is 29.7. The van der Waals surface area contributed by atoms with Crippen molar-refractivity contribution in [3.05, 3.63) is 62.9 Å². The smallest absolute Gasteiger partial charge is 0.355 e. The molecule has 1 N–H and O–H groups in total. The molecule has 3 aromatic rings. The van der Waals surface area contributed by atoms with Gasteiger partial charge < -0.3 is 23.9 Å². The Bertz CT molecular complexity index is 2130. The molecule has 1 aromatic carbocycles. The van der Waals surface area contributed by atoms with E-state index in [0.29, 0.717) is 23.3 Å². The van der Waals surface area contributed by atoms with E-state index in [1.807, 2.05) is 45.0 Å². The number of hydrogen-bond acceptors (Lipinski definition) is 10. The Morgan fingerprint density at radius 3 is 2.10 bits per heavy atom. The fourth-order valence-corrected chi connectivity index (χ4v) is 8.80. The van der Waals surface area contributed by atoms with Crippen molar-refractivity contribution in [1.82, 2.24) is 9.55 Å². The van der Waals surface area contributed by atoms with Gasteiger partial charge in [0.05, 0.1) is 41.4 Å². The van der Waals surface area contributed by atoms with Crippen molar-refractivity contribution >= 4 is 40.6 Å². The first-order valence-electron chi connectivity index (χ1n) is 23.2. The Morgan fingerprint density at radius 1 is 0.839 bits per heavy atom. The van der Waals surface area contributed by atoms with Crippen molar-refractivity contribution in [3.63, 3.8) is 0 Å². The maximum atomic E-state index is 14.0. The number of fused-ring (bicyclic) bond motifs is 5. The van der Waals surface area contributed by atoms with Crippen LogP contribution in [0.3, 0.4) is 0 Å². The van der Waals surface area contributed by atoms with Gasteiger partial charge in [-0.05, 0) is 69.9 Å². The molecule has 4 heterocycles. The minimum atomic E-state index is -1.87. The lowest BCUT2D eigenvalue weighted by atomic mass is 9.85. The number of Topliss-reactive ketones (excluding diaryl/α,β-unsaturated/α-hetero) is 1. The van der Waals surface area contributed by atoms with Crippen LogP contribution in [0.2, 0.25) is 0 Å². The number of carbonyl (C=O) groups is 5. The minimum Gasteiger partial charge on any atom is -0.481 e. The SMILES string of the molecule is CCCCCCCCCCCCCCCCC(CC(=O)CCCC(=O)O[C@]1(CC)C(=O)OCc2c1cc1n(c2=O)Cc2cc3cc(CC(=O)OC(C)(C)C)ccc3nc2-1)C(=O)O. The molecule has 12 nitrogen and oxygen atoms in total. The van der Waals surface area contributed by atoms with Crippen LogP contribution >= 0.6 is 0 Å². The monoisotopic (exact) mass is 856 g/mol. The number of carboxylic acids is 1. The van der Waals surface area contributed by atoms with E-state index >= 15 is 0 Å². The highest BCUT2D eigenvalue weighted by Crippen LogP contribution is 2.41. The normalized spacial score (nSPS) is 16.0. The average molecular weight is 857 g/mol. The van der Waals surface area contributed by atoms with Crippen LogP contribution < -0.4 is 5.56 Å². The summed E-state index contributed by atoms with van der Waals surface area (Å²) in [5, 5.41) is 10.6. The van der Waals surface area contributed by atoms with E-state index in [4.69, 9.17) is 19.2 Å². The number of aliphatic carboxylic acids is 1. The number of hydrogen-bond donors (Lipinski definition) is 1. The number of unbranched alkanes of at least 4 members (excludes halogenated alkanes) is 13. The zero-order chi connectivity index (χ0) is 44.9. The van der Waals surface area contributed by atoms with Crippen LogP contribution in [0.4, 0.5) is 0 Å². The zero-order valence-electron chi connectivity index (χ0n) is 37.7. The maximum absolute atomic E-state index is 14.0. The number of cyclic esters (lactones) is 1. The van der Waals surface area contributed by atoms with Gasteiger partial charge in [-0.1, -0.05) is 110 Å². The lowest BCUT2D eigenvalue weighted by molar-refractivity contribution is -0.189. The Hall–Kier alpha value is -4.87. The lowest BCUT2D eigenvalue weighted by Crippen LogP contribution is -2.47. The molecule has 0 fully saturated rings. The van der Waals surface area contributed by atoms with Gasteiger partial charge in [0.1, 0.15) is 18.0 Å². The highest BCUT2D eigenvalue weighted by molar-refractivity contribution is 5.89. The molecule has 0 amide bonds. The van der Waals surface area contributed by atoms with E-state index in [1.54, 1.807) is 17.6 Å². The number of ether oxygens (including phenoxy) is 3. The molecular weight excluding hydrogens is 789 g/mol. The van der Waals surface area contributed by atoms with Gasteiger partial charge in [-0.3, -0.25) is 24.0 Å². The van der Waals surface area contributed by atoms with Crippen LogP contribution in [0.1, 0.15) is 185 Å². The summed E-state index contributed by atoms with van der Waals surface area (Å²) >= 11 is 0. The summed E-state index contributed by atoms with van der Waals surface area (Å²) in [5.41, 5.74) is 0.884. The van der Waals surface area contributed by atoms with Crippen molar-refractivity contribution in [2.45, 2.75) is 194 Å². The molecule has 2 aromatic heterocycles. The zero-order valence-corrected chi connectivity index (χ0v) is 37.7. The minimum absolute atomic E-state index is 0.00434. The molecule has 0 bridgehead atoms. The molecule has 0 saturated heterocycles. The predicted molar refractivity (Wildman–Crippen MR) is 237 cm³/mol. The van der Waals surface area contributed by atoms with Crippen molar-refractivity contribution in [2.24, 2.45) is 5.92 Å². The van der Waals surface area contributed by atoms with Crippen LogP contribution in [0, 0.1) is 5.92 Å². The first-order valence-corrected chi connectivity index (χ1v) is 23.2. The maximum Gasteiger partial charge on any atom is 0.355 e. The van der Waals surface area contributed by atoms with Gasteiger partial charge in [0.15, 0.2) is 0 Å². The Morgan fingerprint density at radius 2 is 1.48 bits per heavy atom. The molecule has 338 valence electrons. The second kappa shape index (κ2) is 22.5. The summed E-state index contributed by atoms with van der Waals surface area (Å²) in [4.78, 5) is 83.1. The number of ketones is 1. The van der Waals surface area contributed by atoms with Crippen molar-refractivity contribution in [1.29, 1.82) is 0 Å². The number of esters is 3. The fraction of sp³-hybridized carbons (Fsp3) is 0.620. The molecule has 62 heavy (non-hydrogen) atoms. The predicted octanol–water partition coefficient (Wildman–Crippen LogP) is 10.2. The summed E-state index contributed by atoms with van der Waals surface area (Å²) in [6.45, 7) is 9.34. The molecule has 0 spiro atoms. The van der Waals surface area contributed by atoms with Crippen LogP contribution in [0.15, 0.2) is 35.1 Å². The van der Waals surface area contributed by atoms with Crippen LogP contribution in [0.25, 0.3) is 22.3 Å². The molecule has 0 saturated carbocycles. The molecule has 12 heteroatoms. The van der Waals surface area contributed by atoms with E-state index < -0.39 is 35.0 Å². The molecular formula is C50H68N2O10. The van der Waals surface area contributed by atoms with Crippen LogP contribution in [-0.2, 0) is 63.4 Å². The second-order valence-electron chi connectivity index (χ2n) is 18.3. The van der Waals surface area contributed by atoms with Crippen molar-refractivity contribution in [3.8, 4) is 11.4 Å². The molecule has 5 rings (SSSR count). The third-order valence-corrected chi connectivity index (χ3v) is 12.2. The first kappa shape index (κ1) is 48.2. The summed E-state index contributed by atoms with van der Waals surface area (Å²) in [6, 6.07) is 9.16. The fourth-order valence-electron chi connectivity index (χ4n) is 8.80. The number of rotatable bonds is 26. The van der Waals surface area contributed by atoms with Gasteiger partial charge >= 0.3 is 23.9 Å². The van der Waals surface area contributed by atoms with E-state index in [0.717, 1.165) is 42.2 Å². The third-order valence-electron chi connectivity index (χ3n) is 12.2. The highest BCUT2D eigenvalue weighted by atomic mass is 16.6. The van der Waals surface area contributed by atoms with E-state index in [-0.39, 0.29) is 80.1 Å². The van der Waals surface area contributed by atoms with Crippen molar-refractivity contribution in [2.75, 3.05) is 0 Å². The quantitative estimate of drug-likeness (QED) is 0.0362. The van der Waals surface area contributed by atoms with Gasteiger partial charge in [0.2, 0.25) is 5.60 Å². The summed E-state index contributed by atoms with van der Waals surface area (Å²) in [6.07, 6.45) is 17.4. The highest BCUT2D eigenvalue weighted by Gasteiger charge is 2.50. The standard InChI is InChI=1S/C50H68N2O10/c1-6-8-9-10-11-12-13-14-15-16-17-18-19-20-22-35(47(57)58)30-38(53)23-21-24-43(54)62-50(7-2)40-31-42-45-37(32-52(42)46(56)39(40)33-60-48(50)59)29-36-27-34(25-26-41(36)51-45)28-44(55)61-49(3,4)5/h25-27,29,31,35H,6-24,28,30,32-33H2,1-5H3,(H,57,58)/t35?,50-/m0/s1. The van der Waals surface area contributed by atoms with Crippen LogP contribution in [0.5, 0.6) is 0 Å². The number of carboxylic acid groups (broad SMARTS) is 1. The largest absolute Gasteiger partial charge is 0.481 e. The molecule has 0 aliphatic carbocycles. The Balaban J connectivity index is 1.13. The summed E-state index contributed by atoms with van der Waals surface area (Å²) in [7, 11) is 0. The van der Waals surface area contributed by atoms with Gasteiger partial charge in [0.25, 0.3) is 5.56 Å². The number of aromatic nitrogens is 2. The molecule has 1 unspecified atom stereocenters. The van der Waals surface area contributed by atoms with Gasteiger partial charge in [-0.2, -0.15) is 0 Å². The topological polar surface area (TPSA) is 168 Å². The number of carbonyl (C=O) groups excluding carboxylic acids is 4. The van der Waals surface area contributed by atoms with Gasteiger partial charge in [0, 0.05) is 35.8 Å². The van der Waals surface area contributed by atoms with Crippen LogP contribution in [-0.4, -0.2) is 49.9 Å². The lowest BCUT2D eigenvalue weighted by Gasteiger charge is -2.35. The summed E-state index contributed by atoms with van der Waals surface area (Å²) in [5.74, 6) is -3.82. The molecule has 2 atom stereocenters. The third kappa shape index (κ3) is 12.8. The molecule has 2 aliphatic heterocycles. The molecule has 2 aliphatic rings. The number of nitrogens with zero attached hydrogens (tertiary/aromatic N) is 2.